The van der Waals surface area contributed by atoms with Crippen LogP contribution in [0.2, 0.25) is 0 Å². The summed E-state index contributed by atoms with van der Waals surface area (Å²) in [6.45, 7) is 1.98. The summed E-state index contributed by atoms with van der Waals surface area (Å²) >= 11 is 3.19. The highest BCUT2D eigenvalue weighted by molar-refractivity contribution is 7.19. The van der Waals surface area contributed by atoms with E-state index in [4.69, 9.17) is 5.73 Å². The maximum absolute atomic E-state index is 13.2. The van der Waals surface area contributed by atoms with Crippen molar-refractivity contribution in [1.29, 1.82) is 0 Å². The van der Waals surface area contributed by atoms with E-state index in [0.29, 0.717) is 0 Å². The number of halogens is 1. The second-order valence-corrected chi connectivity index (χ2v) is 6.58. The van der Waals surface area contributed by atoms with Gasteiger partial charge in [0.1, 0.15) is 5.82 Å². The normalized spacial score (nSPS) is 13.0. The van der Waals surface area contributed by atoms with Gasteiger partial charge in [-0.25, -0.2) is 9.37 Å². The topological polar surface area (TPSA) is 38.9 Å². The van der Waals surface area contributed by atoms with Crippen molar-refractivity contribution < 1.29 is 4.39 Å². The van der Waals surface area contributed by atoms with Gasteiger partial charge in [-0.3, -0.25) is 0 Å². The Balaban J connectivity index is 1.86. The number of rotatable bonds is 3. The van der Waals surface area contributed by atoms with Crippen LogP contribution in [0.3, 0.4) is 0 Å². The highest BCUT2D eigenvalue weighted by atomic mass is 32.1. The molecule has 0 radical (unpaired) electrons. The van der Waals surface area contributed by atoms with Crippen molar-refractivity contribution in [2.75, 3.05) is 0 Å². The number of nitrogens with two attached hydrogens (primary N) is 1. The molecular formula is C14H13FN2S2. The summed E-state index contributed by atoms with van der Waals surface area (Å²) in [5.74, 6) is -0.204. The van der Waals surface area contributed by atoms with Crippen molar-refractivity contribution in [3.8, 4) is 0 Å². The average Bonchev–Trinajstić information content (AvgIpc) is 2.95. The fourth-order valence-electron chi connectivity index (χ4n) is 1.99. The molecule has 0 bridgehead atoms. The average molecular weight is 292 g/mol. The summed E-state index contributed by atoms with van der Waals surface area (Å²) < 4.78 is 14.1. The Kier molecular flexibility index (Phi) is 3.35. The van der Waals surface area contributed by atoms with Gasteiger partial charge >= 0.3 is 0 Å². The van der Waals surface area contributed by atoms with Gasteiger partial charge in [-0.15, -0.1) is 22.7 Å². The van der Waals surface area contributed by atoms with Gasteiger partial charge in [0.05, 0.1) is 5.01 Å². The van der Waals surface area contributed by atoms with Gasteiger partial charge in [0.15, 0.2) is 0 Å². The van der Waals surface area contributed by atoms with Gasteiger partial charge in [-0.2, -0.15) is 0 Å². The predicted molar refractivity (Wildman–Crippen MR) is 79.3 cm³/mol. The molecule has 0 aliphatic rings. The predicted octanol–water partition coefficient (Wildman–Crippen LogP) is 4.05. The first kappa shape index (κ1) is 12.7. The Morgan fingerprint density at radius 1 is 1.37 bits per heavy atom. The second kappa shape index (κ2) is 5.00. The lowest BCUT2D eigenvalue weighted by molar-refractivity contribution is 0.630. The molecule has 0 fully saturated rings. The van der Waals surface area contributed by atoms with E-state index in [2.05, 4.69) is 4.98 Å². The highest BCUT2D eigenvalue weighted by Gasteiger charge is 2.13. The number of aromatic nitrogens is 1. The largest absolute Gasteiger partial charge is 0.323 e. The van der Waals surface area contributed by atoms with Crippen LogP contribution >= 0.6 is 22.7 Å². The van der Waals surface area contributed by atoms with Crippen molar-refractivity contribution in [3.05, 3.63) is 51.0 Å². The van der Waals surface area contributed by atoms with Crippen LogP contribution in [-0.4, -0.2) is 4.98 Å². The first-order valence-corrected chi connectivity index (χ1v) is 7.67. The molecule has 2 aromatic heterocycles. The van der Waals surface area contributed by atoms with Crippen molar-refractivity contribution in [1.82, 2.24) is 4.98 Å². The van der Waals surface area contributed by atoms with Gasteiger partial charge in [-0.1, -0.05) is 6.07 Å². The summed E-state index contributed by atoms with van der Waals surface area (Å²) in [5.41, 5.74) is 7.25. The zero-order chi connectivity index (χ0) is 13.4. The second-order valence-electron chi connectivity index (χ2n) is 4.52. The monoisotopic (exact) mass is 292 g/mol. The van der Waals surface area contributed by atoms with Crippen LogP contribution in [-0.2, 0) is 6.42 Å². The summed E-state index contributed by atoms with van der Waals surface area (Å²) in [5, 5.41) is 4.13. The molecule has 0 spiro atoms. The number of thiazole rings is 1. The number of hydrogen-bond donors (Lipinski definition) is 1. The van der Waals surface area contributed by atoms with E-state index in [1.165, 1.54) is 6.07 Å². The van der Waals surface area contributed by atoms with Gasteiger partial charge in [0, 0.05) is 33.1 Å². The molecule has 0 aliphatic carbocycles. The molecule has 19 heavy (non-hydrogen) atoms. The van der Waals surface area contributed by atoms with E-state index in [1.807, 2.05) is 18.4 Å². The minimum atomic E-state index is -0.204. The molecule has 0 saturated heterocycles. The summed E-state index contributed by atoms with van der Waals surface area (Å²) in [6, 6.07) is 6.80. The minimum absolute atomic E-state index is 0.0778. The molecule has 3 rings (SSSR count). The van der Waals surface area contributed by atoms with E-state index in [1.54, 1.807) is 34.8 Å². The van der Waals surface area contributed by atoms with Gasteiger partial charge in [0.25, 0.3) is 0 Å². The van der Waals surface area contributed by atoms with Crippen LogP contribution in [0.4, 0.5) is 4.39 Å². The maximum atomic E-state index is 13.2. The number of nitrogens with zero attached hydrogens (tertiary/aromatic N) is 1. The third-order valence-electron chi connectivity index (χ3n) is 2.93. The zero-order valence-corrected chi connectivity index (χ0v) is 12.0. The fourth-order valence-corrected chi connectivity index (χ4v) is 3.92. The van der Waals surface area contributed by atoms with Gasteiger partial charge in [-0.05, 0) is 30.5 Å². The standard InChI is InChI=1S/C14H13FN2S2/c1-8-7-18-14(17-8)6-11(16)13-4-9-2-3-10(15)5-12(9)19-13/h2-5,7,11H,6,16H2,1H3. The van der Waals surface area contributed by atoms with E-state index >= 15 is 0 Å². The SMILES string of the molecule is Cc1csc(CC(N)c2cc3ccc(F)cc3s2)n1. The minimum Gasteiger partial charge on any atom is -0.323 e. The van der Waals surface area contributed by atoms with E-state index in [9.17, 15) is 4.39 Å². The van der Waals surface area contributed by atoms with Crippen LogP contribution in [0.1, 0.15) is 21.6 Å². The summed E-state index contributed by atoms with van der Waals surface area (Å²) in [4.78, 5) is 5.50. The van der Waals surface area contributed by atoms with Crippen LogP contribution in [0.5, 0.6) is 0 Å². The molecule has 0 amide bonds. The Morgan fingerprint density at radius 3 is 2.95 bits per heavy atom. The van der Waals surface area contributed by atoms with Crippen LogP contribution in [0.15, 0.2) is 29.6 Å². The molecule has 2 N–H and O–H groups in total. The zero-order valence-electron chi connectivity index (χ0n) is 10.4. The smallest absolute Gasteiger partial charge is 0.124 e. The Morgan fingerprint density at radius 2 is 2.21 bits per heavy atom. The molecule has 98 valence electrons. The van der Waals surface area contributed by atoms with E-state index < -0.39 is 0 Å². The van der Waals surface area contributed by atoms with Crippen LogP contribution in [0.25, 0.3) is 10.1 Å². The fraction of sp³-hybridized carbons (Fsp3) is 0.214. The number of fused-ring (bicyclic) bond motifs is 1. The Labute approximate surface area is 118 Å². The number of thiophene rings is 1. The first-order valence-electron chi connectivity index (χ1n) is 5.97. The maximum Gasteiger partial charge on any atom is 0.124 e. The molecule has 0 aliphatic heterocycles. The molecule has 1 unspecified atom stereocenters. The number of benzene rings is 1. The van der Waals surface area contributed by atoms with Gasteiger partial charge < -0.3 is 5.73 Å². The lowest BCUT2D eigenvalue weighted by Crippen LogP contribution is -2.11. The Hall–Kier alpha value is -1.30. The molecule has 2 heterocycles. The quantitative estimate of drug-likeness (QED) is 0.791. The highest BCUT2D eigenvalue weighted by Crippen LogP contribution is 2.31. The third kappa shape index (κ3) is 2.68. The van der Waals surface area contributed by atoms with Gasteiger partial charge in [0.2, 0.25) is 0 Å². The van der Waals surface area contributed by atoms with Crippen molar-refractivity contribution in [2.24, 2.45) is 5.73 Å². The Bertz CT molecular complexity index is 717. The molecular weight excluding hydrogens is 279 g/mol. The third-order valence-corrected chi connectivity index (χ3v) is 5.15. The first-order chi connectivity index (χ1) is 9.11. The summed E-state index contributed by atoms with van der Waals surface area (Å²) in [6.07, 6.45) is 0.730. The lowest BCUT2D eigenvalue weighted by Gasteiger charge is -2.06. The van der Waals surface area contributed by atoms with Crippen LogP contribution in [0, 0.1) is 12.7 Å². The lowest BCUT2D eigenvalue weighted by atomic mass is 10.1. The molecule has 1 atom stereocenters. The molecule has 5 heteroatoms. The molecule has 3 aromatic rings. The van der Waals surface area contributed by atoms with Crippen LogP contribution < -0.4 is 5.73 Å². The van der Waals surface area contributed by atoms with Crippen molar-refractivity contribution in [3.63, 3.8) is 0 Å². The molecule has 1 aromatic carbocycles. The number of hydrogen-bond acceptors (Lipinski definition) is 4. The molecule has 2 nitrogen and oxygen atoms in total. The summed E-state index contributed by atoms with van der Waals surface area (Å²) in [7, 11) is 0. The van der Waals surface area contributed by atoms with Crippen molar-refractivity contribution >= 4 is 32.8 Å². The van der Waals surface area contributed by atoms with Crippen molar-refractivity contribution in [2.45, 2.75) is 19.4 Å². The number of aryl methyl sites for hydroxylation is 1. The van der Waals surface area contributed by atoms with E-state index in [-0.39, 0.29) is 11.9 Å². The molecule has 0 saturated carbocycles. The van der Waals surface area contributed by atoms with E-state index in [0.717, 1.165) is 32.1 Å².